The van der Waals surface area contributed by atoms with Crippen LogP contribution in [0.2, 0.25) is 0 Å². The molecule has 1 aromatic rings. The zero-order valence-electron chi connectivity index (χ0n) is 8.21. The van der Waals surface area contributed by atoms with Crippen molar-refractivity contribution in [3.05, 3.63) is 36.5 Å². The average Bonchev–Trinajstić information content (AvgIpc) is 2.25. The monoisotopic (exact) mass is 230 g/mol. The van der Waals surface area contributed by atoms with Gasteiger partial charge < -0.3 is 10.1 Å². The Morgan fingerprint density at radius 1 is 1.50 bits per heavy atom. The fraction of sp³-hybridized carbons (Fsp3) is 0.200. The quantitative estimate of drug-likeness (QED) is 0.808. The van der Waals surface area contributed by atoms with Crippen molar-refractivity contribution in [2.75, 3.05) is 6.61 Å². The van der Waals surface area contributed by atoms with Gasteiger partial charge in [-0.15, -0.1) is 0 Å². The average molecular weight is 230 g/mol. The molecule has 1 rings (SSSR count). The molecule has 0 spiro atoms. The molecule has 0 unspecified atom stereocenters. The van der Waals surface area contributed by atoms with Gasteiger partial charge in [0.25, 0.3) is 0 Å². The molecule has 0 aliphatic rings. The molecule has 1 N–H and O–H groups in total. The molecule has 0 fully saturated rings. The maximum absolute atomic E-state index is 11.8. The molecule has 0 bridgehead atoms. The van der Waals surface area contributed by atoms with Crippen LogP contribution in [0.15, 0.2) is 31.0 Å². The minimum atomic E-state index is -4.38. The zero-order valence-corrected chi connectivity index (χ0v) is 8.21. The van der Waals surface area contributed by atoms with Crippen molar-refractivity contribution in [2.24, 2.45) is 0 Å². The van der Waals surface area contributed by atoms with Crippen LogP contribution in [0.1, 0.15) is 5.56 Å². The van der Waals surface area contributed by atoms with E-state index in [0.717, 1.165) is 0 Å². The van der Waals surface area contributed by atoms with Crippen LogP contribution in [-0.4, -0.2) is 23.5 Å². The maximum Gasteiger partial charge on any atom is 0.422 e. The van der Waals surface area contributed by atoms with Crippen LogP contribution in [0.5, 0.6) is 5.88 Å². The second-order valence-corrected chi connectivity index (χ2v) is 2.91. The number of hydrogen-bond acceptors (Lipinski definition) is 3. The third-order valence-corrected chi connectivity index (χ3v) is 1.64. The number of ether oxygens (including phenoxy) is 1. The molecular formula is C10H9F3N2O. The number of alkyl halides is 3. The number of rotatable bonds is 4. The Morgan fingerprint density at radius 2 is 2.19 bits per heavy atom. The van der Waals surface area contributed by atoms with Crippen LogP contribution < -0.4 is 4.74 Å². The van der Waals surface area contributed by atoms with Gasteiger partial charge in [-0.05, 0) is 12.1 Å². The lowest BCUT2D eigenvalue weighted by Gasteiger charge is -2.08. The molecular weight excluding hydrogens is 221 g/mol. The fourth-order valence-electron chi connectivity index (χ4n) is 0.899. The minimum Gasteiger partial charge on any atom is -0.468 e. The Bertz CT molecular complexity index is 384. The van der Waals surface area contributed by atoms with Gasteiger partial charge >= 0.3 is 6.18 Å². The van der Waals surface area contributed by atoms with Crippen molar-refractivity contribution in [1.29, 1.82) is 5.41 Å². The van der Waals surface area contributed by atoms with Gasteiger partial charge in [0.1, 0.15) is 0 Å². The van der Waals surface area contributed by atoms with Crippen LogP contribution in [0.25, 0.3) is 0 Å². The molecule has 0 radical (unpaired) electrons. The normalized spacial score (nSPS) is 10.9. The lowest BCUT2D eigenvalue weighted by atomic mass is 10.2. The highest BCUT2D eigenvalue weighted by Crippen LogP contribution is 2.17. The number of halogens is 3. The van der Waals surface area contributed by atoms with Crippen LogP contribution in [0.4, 0.5) is 13.2 Å². The third-order valence-electron chi connectivity index (χ3n) is 1.64. The first-order chi connectivity index (χ1) is 7.42. The van der Waals surface area contributed by atoms with Gasteiger partial charge in [-0.3, -0.25) is 0 Å². The summed E-state index contributed by atoms with van der Waals surface area (Å²) in [5, 5.41) is 7.37. The van der Waals surface area contributed by atoms with E-state index >= 15 is 0 Å². The molecule has 0 aliphatic carbocycles. The van der Waals surface area contributed by atoms with Crippen LogP contribution in [-0.2, 0) is 0 Å². The number of allylic oxidation sites excluding steroid dienone is 1. The highest BCUT2D eigenvalue weighted by atomic mass is 19.4. The van der Waals surface area contributed by atoms with Gasteiger partial charge in [0.15, 0.2) is 6.61 Å². The summed E-state index contributed by atoms with van der Waals surface area (Å²) in [5.74, 6) is -0.127. The van der Waals surface area contributed by atoms with E-state index < -0.39 is 12.8 Å². The summed E-state index contributed by atoms with van der Waals surface area (Å²) < 4.78 is 39.8. The van der Waals surface area contributed by atoms with Crippen molar-refractivity contribution in [2.45, 2.75) is 6.18 Å². The van der Waals surface area contributed by atoms with Crippen LogP contribution in [0.3, 0.4) is 0 Å². The molecule has 1 aromatic heterocycles. The Morgan fingerprint density at radius 3 is 2.62 bits per heavy atom. The van der Waals surface area contributed by atoms with Crippen molar-refractivity contribution in [3.8, 4) is 5.88 Å². The van der Waals surface area contributed by atoms with Gasteiger partial charge in [0, 0.05) is 17.8 Å². The molecule has 16 heavy (non-hydrogen) atoms. The standard InChI is InChI=1S/C10H9F3N2O/c1-2-8(14)7-3-4-9(15-5-7)16-6-10(11,12)13/h2-5,14H,1,6H2. The highest BCUT2D eigenvalue weighted by molar-refractivity contribution is 6.05. The Hall–Kier alpha value is -1.85. The number of aromatic nitrogens is 1. The highest BCUT2D eigenvalue weighted by Gasteiger charge is 2.28. The summed E-state index contributed by atoms with van der Waals surface area (Å²) in [6.07, 6.45) is -1.81. The molecule has 0 amide bonds. The molecule has 0 saturated heterocycles. The van der Waals surface area contributed by atoms with E-state index in [-0.39, 0.29) is 11.6 Å². The minimum absolute atomic E-state index is 0.127. The van der Waals surface area contributed by atoms with Gasteiger partial charge in [-0.25, -0.2) is 4.98 Å². The smallest absolute Gasteiger partial charge is 0.422 e. The summed E-state index contributed by atoms with van der Waals surface area (Å²) in [4.78, 5) is 3.64. The summed E-state index contributed by atoms with van der Waals surface area (Å²) in [6, 6.07) is 2.72. The van der Waals surface area contributed by atoms with Crippen molar-refractivity contribution in [3.63, 3.8) is 0 Å². The molecule has 0 atom stereocenters. The lowest BCUT2D eigenvalue weighted by molar-refractivity contribution is -0.154. The first-order valence-corrected chi connectivity index (χ1v) is 4.29. The first kappa shape index (κ1) is 12.2. The third kappa shape index (κ3) is 3.72. The van der Waals surface area contributed by atoms with Gasteiger partial charge in [0.05, 0.1) is 5.71 Å². The molecule has 0 aromatic carbocycles. The Balaban J connectivity index is 2.65. The zero-order chi connectivity index (χ0) is 12.2. The van der Waals surface area contributed by atoms with E-state index in [0.29, 0.717) is 5.56 Å². The second-order valence-electron chi connectivity index (χ2n) is 2.91. The molecule has 3 nitrogen and oxygen atoms in total. The summed E-state index contributed by atoms with van der Waals surface area (Å²) in [5.41, 5.74) is 0.615. The van der Waals surface area contributed by atoms with E-state index in [9.17, 15) is 13.2 Å². The Labute approximate surface area is 90.1 Å². The molecule has 6 heteroatoms. The summed E-state index contributed by atoms with van der Waals surface area (Å²) >= 11 is 0. The first-order valence-electron chi connectivity index (χ1n) is 4.29. The van der Waals surface area contributed by atoms with E-state index in [1.165, 1.54) is 24.4 Å². The van der Waals surface area contributed by atoms with Crippen molar-refractivity contribution >= 4 is 5.71 Å². The van der Waals surface area contributed by atoms with Crippen molar-refractivity contribution < 1.29 is 17.9 Å². The second kappa shape index (κ2) is 4.78. The van der Waals surface area contributed by atoms with Crippen molar-refractivity contribution in [1.82, 2.24) is 4.98 Å². The maximum atomic E-state index is 11.8. The summed E-state index contributed by atoms with van der Waals surface area (Å²) in [6.45, 7) is 2.02. The fourth-order valence-corrected chi connectivity index (χ4v) is 0.899. The van der Waals surface area contributed by atoms with Gasteiger partial charge in [0.2, 0.25) is 5.88 Å². The topological polar surface area (TPSA) is 46.0 Å². The molecule has 0 aliphatic heterocycles. The van der Waals surface area contributed by atoms with E-state index in [1.54, 1.807) is 0 Å². The summed E-state index contributed by atoms with van der Waals surface area (Å²) in [7, 11) is 0. The number of hydrogen-bond donors (Lipinski definition) is 1. The van der Waals surface area contributed by atoms with Gasteiger partial charge in [-0.1, -0.05) is 6.58 Å². The van der Waals surface area contributed by atoms with Crippen LogP contribution >= 0.6 is 0 Å². The largest absolute Gasteiger partial charge is 0.468 e. The number of pyridine rings is 1. The molecule has 86 valence electrons. The predicted molar refractivity (Wildman–Crippen MR) is 52.8 cm³/mol. The number of nitrogens with zero attached hydrogens (tertiary/aromatic N) is 1. The van der Waals surface area contributed by atoms with E-state index in [4.69, 9.17) is 5.41 Å². The van der Waals surface area contributed by atoms with E-state index in [2.05, 4.69) is 16.3 Å². The lowest BCUT2D eigenvalue weighted by Crippen LogP contribution is -2.19. The molecule has 0 saturated carbocycles. The van der Waals surface area contributed by atoms with Gasteiger partial charge in [-0.2, -0.15) is 13.2 Å². The number of nitrogens with one attached hydrogen (secondary N) is 1. The Kier molecular flexibility index (Phi) is 3.65. The van der Waals surface area contributed by atoms with E-state index in [1.807, 2.05) is 0 Å². The molecule has 1 heterocycles. The van der Waals surface area contributed by atoms with Crippen LogP contribution in [0, 0.1) is 5.41 Å². The predicted octanol–water partition coefficient (Wildman–Crippen LogP) is 2.58. The SMILES string of the molecule is C=CC(=N)c1ccc(OCC(F)(F)F)nc1.